The van der Waals surface area contributed by atoms with Crippen LogP contribution in [-0.4, -0.2) is 42.2 Å². The van der Waals surface area contributed by atoms with Crippen molar-refractivity contribution in [1.29, 1.82) is 0 Å². The topological polar surface area (TPSA) is 67.2 Å². The lowest BCUT2D eigenvalue weighted by Gasteiger charge is -2.32. The fraction of sp³-hybridized carbons (Fsp3) is 0.286. The predicted octanol–water partition coefficient (Wildman–Crippen LogP) is 2.82. The van der Waals surface area contributed by atoms with E-state index in [1.165, 1.54) is 11.8 Å². The maximum atomic E-state index is 12.7. The molecule has 6 nitrogen and oxygen atoms in total. The van der Waals surface area contributed by atoms with Gasteiger partial charge in [0.2, 0.25) is 10.0 Å². The summed E-state index contributed by atoms with van der Waals surface area (Å²) in [4.78, 5) is 2.57. The monoisotopic (exact) mass is 396 g/mol. The van der Waals surface area contributed by atoms with Gasteiger partial charge < -0.3 is 0 Å². The van der Waals surface area contributed by atoms with Crippen molar-refractivity contribution in [2.24, 2.45) is 0 Å². The average molecular weight is 397 g/mol. The number of likely N-dealkylation sites (tertiary alicyclic amines) is 1. The van der Waals surface area contributed by atoms with E-state index in [1.54, 1.807) is 10.9 Å². The number of hydrogen-bond acceptors (Lipinski definition) is 4. The highest BCUT2D eigenvalue weighted by Crippen LogP contribution is 2.17. The van der Waals surface area contributed by atoms with Gasteiger partial charge in [-0.05, 0) is 30.5 Å². The molecule has 28 heavy (non-hydrogen) atoms. The molecule has 2 heterocycles. The Bertz CT molecular complexity index is 995. The Balaban J connectivity index is 1.35. The SMILES string of the molecule is O=S(=O)(NC1CCN(Cc2ccccc2)CC1)c1cnn(-c2ccccc2)c1. The molecule has 4 rings (SSSR count). The third-order valence-corrected chi connectivity index (χ3v) is 6.52. The van der Waals surface area contributed by atoms with Gasteiger partial charge in [-0.3, -0.25) is 4.90 Å². The smallest absolute Gasteiger partial charge is 0.243 e. The molecular formula is C21H24N4O2S. The lowest BCUT2D eigenvalue weighted by molar-refractivity contribution is 0.200. The summed E-state index contributed by atoms with van der Waals surface area (Å²) in [6.07, 6.45) is 4.57. The molecule has 2 aromatic carbocycles. The molecule has 7 heteroatoms. The standard InChI is InChI=1S/C21H24N4O2S/c26-28(27,21-15-22-25(17-21)20-9-5-2-6-10-20)23-19-11-13-24(14-12-19)16-18-7-3-1-4-8-18/h1-10,15,17,19,23H,11-14,16H2. The summed E-state index contributed by atoms with van der Waals surface area (Å²) in [6, 6.07) is 19.8. The number of sulfonamides is 1. The van der Waals surface area contributed by atoms with Crippen LogP contribution in [0.2, 0.25) is 0 Å². The van der Waals surface area contributed by atoms with Crippen LogP contribution in [0, 0.1) is 0 Å². The maximum absolute atomic E-state index is 12.7. The zero-order valence-electron chi connectivity index (χ0n) is 15.6. The average Bonchev–Trinajstić information content (AvgIpc) is 3.22. The fourth-order valence-electron chi connectivity index (χ4n) is 3.50. The molecule has 1 saturated heterocycles. The first-order valence-corrected chi connectivity index (χ1v) is 11.0. The number of nitrogens with one attached hydrogen (secondary N) is 1. The molecule has 0 spiro atoms. The predicted molar refractivity (Wildman–Crippen MR) is 109 cm³/mol. The number of piperidine rings is 1. The second-order valence-electron chi connectivity index (χ2n) is 7.11. The molecule has 1 fully saturated rings. The highest BCUT2D eigenvalue weighted by atomic mass is 32.2. The number of para-hydroxylation sites is 1. The lowest BCUT2D eigenvalue weighted by Crippen LogP contribution is -2.44. The van der Waals surface area contributed by atoms with E-state index in [0.717, 1.165) is 38.2 Å². The number of hydrogen-bond donors (Lipinski definition) is 1. The van der Waals surface area contributed by atoms with Crippen LogP contribution in [0.15, 0.2) is 78.0 Å². The van der Waals surface area contributed by atoms with Gasteiger partial charge in [-0.1, -0.05) is 48.5 Å². The van der Waals surface area contributed by atoms with Gasteiger partial charge in [0, 0.05) is 25.7 Å². The van der Waals surface area contributed by atoms with Crippen LogP contribution >= 0.6 is 0 Å². The van der Waals surface area contributed by atoms with Crippen molar-refractivity contribution in [2.75, 3.05) is 13.1 Å². The first-order chi connectivity index (χ1) is 13.6. The van der Waals surface area contributed by atoms with Crippen LogP contribution in [-0.2, 0) is 16.6 Å². The van der Waals surface area contributed by atoms with Gasteiger partial charge in [-0.25, -0.2) is 17.8 Å². The Morgan fingerprint density at radius 2 is 1.61 bits per heavy atom. The molecule has 0 atom stereocenters. The zero-order chi connectivity index (χ0) is 19.4. The summed E-state index contributed by atoms with van der Waals surface area (Å²) >= 11 is 0. The van der Waals surface area contributed by atoms with Gasteiger partial charge >= 0.3 is 0 Å². The molecule has 1 aliphatic rings. The van der Waals surface area contributed by atoms with Crippen LogP contribution in [0.25, 0.3) is 5.69 Å². The van der Waals surface area contributed by atoms with Gasteiger partial charge in [0.05, 0.1) is 18.1 Å². The van der Waals surface area contributed by atoms with E-state index in [2.05, 4.69) is 26.9 Å². The summed E-state index contributed by atoms with van der Waals surface area (Å²) in [5, 5.41) is 4.19. The van der Waals surface area contributed by atoms with Crippen LogP contribution < -0.4 is 4.72 Å². The molecular weight excluding hydrogens is 372 g/mol. The molecule has 1 N–H and O–H groups in total. The van der Waals surface area contributed by atoms with Crippen LogP contribution in [0.1, 0.15) is 18.4 Å². The molecule has 1 aliphatic heterocycles. The highest BCUT2D eigenvalue weighted by molar-refractivity contribution is 7.89. The molecule has 146 valence electrons. The highest BCUT2D eigenvalue weighted by Gasteiger charge is 2.25. The second-order valence-corrected chi connectivity index (χ2v) is 8.83. The van der Waals surface area contributed by atoms with E-state index in [4.69, 9.17) is 0 Å². The molecule has 0 bridgehead atoms. The Kier molecular flexibility index (Phi) is 5.57. The third kappa shape index (κ3) is 4.49. The van der Waals surface area contributed by atoms with E-state index < -0.39 is 10.0 Å². The number of rotatable bonds is 6. The van der Waals surface area contributed by atoms with Crippen LogP contribution in [0.4, 0.5) is 0 Å². The van der Waals surface area contributed by atoms with E-state index >= 15 is 0 Å². The summed E-state index contributed by atoms with van der Waals surface area (Å²) in [7, 11) is -3.58. The van der Waals surface area contributed by atoms with Gasteiger partial charge in [-0.15, -0.1) is 0 Å². The van der Waals surface area contributed by atoms with Gasteiger partial charge in [0.1, 0.15) is 4.90 Å². The molecule has 0 unspecified atom stereocenters. The summed E-state index contributed by atoms with van der Waals surface area (Å²) < 4.78 is 29.9. The van der Waals surface area contributed by atoms with Crippen molar-refractivity contribution in [3.63, 3.8) is 0 Å². The Labute approximate surface area is 165 Å². The third-order valence-electron chi connectivity index (χ3n) is 5.05. The van der Waals surface area contributed by atoms with Crippen molar-refractivity contribution in [3.8, 4) is 5.69 Å². The van der Waals surface area contributed by atoms with E-state index in [-0.39, 0.29) is 10.9 Å². The van der Waals surface area contributed by atoms with Crippen molar-refractivity contribution >= 4 is 10.0 Å². The summed E-state index contributed by atoms with van der Waals surface area (Å²) in [5.74, 6) is 0. The normalized spacial score (nSPS) is 16.3. The zero-order valence-corrected chi connectivity index (χ0v) is 16.4. The van der Waals surface area contributed by atoms with Gasteiger partial charge in [0.15, 0.2) is 0 Å². The summed E-state index contributed by atoms with van der Waals surface area (Å²) in [6.45, 7) is 2.67. The molecule has 1 aromatic heterocycles. The van der Waals surface area contributed by atoms with Crippen LogP contribution in [0.3, 0.4) is 0 Å². The largest absolute Gasteiger partial charge is 0.299 e. The molecule has 0 amide bonds. The Morgan fingerprint density at radius 3 is 2.29 bits per heavy atom. The maximum Gasteiger partial charge on any atom is 0.243 e. The minimum Gasteiger partial charge on any atom is -0.299 e. The van der Waals surface area contributed by atoms with Gasteiger partial charge in [-0.2, -0.15) is 5.10 Å². The second kappa shape index (κ2) is 8.26. The van der Waals surface area contributed by atoms with Gasteiger partial charge in [0.25, 0.3) is 0 Å². The molecule has 0 aliphatic carbocycles. The van der Waals surface area contributed by atoms with Crippen molar-refractivity contribution in [2.45, 2.75) is 30.3 Å². The van der Waals surface area contributed by atoms with E-state index in [0.29, 0.717) is 0 Å². The van der Waals surface area contributed by atoms with E-state index in [9.17, 15) is 8.42 Å². The Hall–Kier alpha value is -2.48. The first-order valence-electron chi connectivity index (χ1n) is 9.49. The minimum absolute atomic E-state index is 0.0444. The molecule has 0 saturated carbocycles. The fourth-order valence-corrected chi connectivity index (χ4v) is 4.74. The van der Waals surface area contributed by atoms with Crippen LogP contribution in [0.5, 0.6) is 0 Å². The number of nitrogens with zero attached hydrogens (tertiary/aromatic N) is 3. The van der Waals surface area contributed by atoms with E-state index in [1.807, 2.05) is 48.5 Å². The number of aromatic nitrogens is 2. The summed E-state index contributed by atoms with van der Waals surface area (Å²) in [5.41, 5.74) is 2.12. The minimum atomic E-state index is -3.58. The number of benzene rings is 2. The van der Waals surface area contributed by atoms with Crippen molar-refractivity contribution in [3.05, 3.63) is 78.6 Å². The molecule has 0 radical (unpaired) electrons. The van der Waals surface area contributed by atoms with Crippen molar-refractivity contribution < 1.29 is 8.42 Å². The van der Waals surface area contributed by atoms with Crippen molar-refractivity contribution in [1.82, 2.24) is 19.4 Å². The lowest BCUT2D eigenvalue weighted by atomic mass is 10.1. The quantitative estimate of drug-likeness (QED) is 0.696. The molecule has 3 aromatic rings. The Morgan fingerprint density at radius 1 is 0.964 bits per heavy atom. The first kappa shape index (κ1) is 18.9.